The third-order valence-electron chi connectivity index (χ3n) is 7.05. The van der Waals surface area contributed by atoms with Crippen LogP contribution in [0, 0.1) is 5.41 Å². The van der Waals surface area contributed by atoms with E-state index in [0.29, 0.717) is 52.9 Å². The lowest BCUT2D eigenvalue weighted by molar-refractivity contribution is -0.153. The fraction of sp³-hybridized carbons (Fsp3) is 0.407. The van der Waals surface area contributed by atoms with Crippen molar-refractivity contribution in [3.05, 3.63) is 64.3 Å². The fourth-order valence-corrected chi connectivity index (χ4v) is 6.11. The van der Waals surface area contributed by atoms with Crippen molar-refractivity contribution in [2.45, 2.75) is 36.7 Å². The van der Waals surface area contributed by atoms with Crippen LogP contribution in [0.15, 0.2) is 53.6 Å². The molecule has 192 valence electrons. The van der Waals surface area contributed by atoms with Crippen LogP contribution >= 0.6 is 35.0 Å². The SMILES string of the molecule is COc1ccc2ncc(Cl)c([C@H](O)CCC3(C(=O)O)CCN(CCSc4ccc(Cl)cc4)CC3)c2c1. The zero-order chi connectivity index (χ0) is 25.7. The first-order valence-electron chi connectivity index (χ1n) is 12.0. The molecule has 0 radical (unpaired) electrons. The Hall–Kier alpha value is -2.03. The number of piperidine rings is 1. The second kappa shape index (κ2) is 12.0. The molecule has 2 N–H and O–H groups in total. The molecule has 6 nitrogen and oxygen atoms in total. The van der Waals surface area contributed by atoms with E-state index in [9.17, 15) is 15.0 Å². The number of halogens is 2. The maximum absolute atomic E-state index is 12.4. The number of carbonyl (C=O) groups is 1. The number of aliphatic carboxylic acids is 1. The molecule has 0 unspecified atom stereocenters. The molecule has 1 aliphatic rings. The molecule has 0 spiro atoms. The number of hydrogen-bond donors (Lipinski definition) is 2. The van der Waals surface area contributed by atoms with Crippen LogP contribution in [0.5, 0.6) is 5.75 Å². The molecule has 2 heterocycles. The van der Waals surface area contributed by atoms with Crippen molar-refractivity contribution in [2.24, 2.45) is 5.41 Å². The van der Waals surface area contributed by atoms with Crippen molar-refractivity contribution < 1.29 is 19.7 Å². The number of thioether (sulfide) groups is 1. The van der Waals surface area contributed by atoms with Gasteiger partial charge in [0.15, 0.2) is 0 Å². The lowest BCUT2D eigenvalue weighted by atomic mass is 9.74. The Bertz CT molecular complexity index is 1200. The summed E-state index contributed by atoms with van der Waals surface area (Å²) in [5, 5.41) is 23.1. The summed E-state index contributed by atoms with van der Waals surface area (Å²) in [6.45, 7) is 2.34. The number of aliphatic hydroxyl groups is 1. The molecule has 4 rings (SSSR count). The standard InChI is InChI=1S/C27H30Cl2N2O4S/c1-35-19-4-7-23-21(16-19)25(22(29)17-30-23)24(32)8-9-27(26(33)34)10-12-31(13-11-27)14-15-36-20-5-2-18(28)3-6-20/h2-7,16-17,24,32H,8-15H2,1H3,(H,33,34)/t24-/m1/s1. The van der Waals surface area contributed by atoms with E-state index in [0.717, 1.165) is 30.4 Å². The lowest BCUT2D eigenvalue weighted by Gasteiger charge is -2.39. The summed E-state index contributed by atoms with van der Waals surface area (Å²) in [6, 6.07) is 13.2. The first-order valence-corrected chi connectivity index (χ1v) is 13.7. The molecule has 0 amide bonds. The van der Waals surface area contributed by atoms with E-state index in [-0.39, 0.29) is 0 Å². The molecule has 1 aromatic heterocycles. The highest BCUT2D eigenvalue weighted by molar-refractivity contribution is 7.99. The number of benzene rings is 2. The highest BCUT2D eigenvalue weighted by Gasteiger charge is 2.41. The Labute approximate surface area is 225 Å². The van der Waals surface area contributed by atoms with Crippen LogP contribution < -0.4 is 4.74 Å². The van der Waals surface area contributed by atoms with E-state index in [1.165, 1.54) is 11.1 Å². The maximum Gasteiger partial charge on any atom is 0.309 e. The highest BCUT2D eigenvalue weighted by Crippen LogP contribution is 2.41. The third-order valence-corrected chi connectivity index (χ3v) is 8.60. The number of aliphatic hydroxyl groups excluding tert-OH is 1. The van der Waals surface area contributed by atoms with Gasteiger partial charge in [-0.25, -0.2) is 0 Å². The van der Waals surface area contributed by atoms with Crippen molar-refractivity contribution >= 4 is 51.8 Å². The lowest BCUT2D eigenvalue weighted by Crippen LogP contribution is -2.45. The smallest absolute Gasteiger partial charge is 0.309 e. The van der Waals surface area contributed by atoms with Crippen molar-refractivity contribution in [3.8, 4) is 5.75 Å². The largest absolute Gasteiger partial charge is 0.497 e. The van der Waals surface area contributed by atoms with Gasteiger partial charge in [-0.3, -0.25) is 9.78 Å². The molecule has 0 bridgehead atoms. The second-order valence-electron chi connectivity index (χ2n) is 9.19. The number of nitrogens with zero attached hydrogens (tertiary/aromatic N) is 2. The summed E-state index contributed by atoms with van der Waals surface area (Å²) in [6.07, 6.45) is 2.41. The van der Waals surface area contributed by atoms with Gasteiger partial charge in [0, 0.05) is 39.4 Å². The Kier molecular flexibility index (Phi) is 9.01. The Morgan fingerprint density at radius 2 is 1.92 bits per heavy atom. The monoisotopic (exact) mass is 548 g/mol. The van der Waals surface area contributed by atoms with Crippen LogP contribution in [0.2, 0.25) is 10.0 Å². The van der Waals surface area contributed by atoms with Crippen molar-refractivity contribution in [3.63, 3.8) is 0 Å². The van der Waals surface area contributed by atoms with Crippen LogP contribution in [-0.4, -0.2) is 58.6 Å². The maximum atomic E-state index is 12.4. The quantitative estimate of drug-likeness (QED) is 0.286. The third kappa shape index (κ3) is 6.26. The number of rotatable bonds is 10. The zero-order valence-corrected chi connectivity index (χ0v) is 22.5. The van der Waals surface area contributed by atoms with Gasteiger partial charge >= 0.3 is 5.97 Å². The summed E-state index contributed by atoms with van der Waals surface area (Å²) in [4.78, 5) is 20.2. The van der Waals surface area contributed by atoms with Crippen molar-refractivity contribution in [1.82, 2.24) is 9.88 Å². The van der Waals surface area contributed by atoms with E-state index in [4.69, 9.17) is 27.9 Å². The van der Waals surface area contributed by atoms with Gasteiger partial charge in [0.2, 0.25) is 0 Å². The molecule has 1 saturated heterocycles. The average molecular weight is 550 g/mol. The van der Waals surface area contributed by atoms with E-state index >= 15 is 0 Å². The minimum Gasteiger partial charge on any atom is -0.497 e. The fourth-order valence-electron chi connectivity index (χ4n) is 4.79. The van der Waals surface area contributed by atoms with E-state index in [1.54, 1.807) is 31.0 Å². The van der Waals surface area contributed by atoms with Gasteiger partial charge < -0.3 is 19.8 Å². The van der Waals surface area contributed by atoms with Crippen LogP contribution in [-0.2, 0) is 4.79 Å². The van der Waals surface area contributed by atoms with E-state index < -0.39 is 17.5 Å². The number of ether oxygens (including phenoxy) is 1. The number of pyridine rings is 1. The molecule has 1 fully saturated rings. The first-order chi connectivity index (χ1) is 17.3. The minimum absolute atomic E-state index is 0.300. The van der Waals surface area contributed by atoms with Gasteiger partial charge in [0.25, 0.3) is 0 Å². The molecule has 3 aromatic rings. The van der Waals surface area contributed by atoms with E-state index in [1.807, 2.05) is 30.3 Å². The molecule has 0 aliphatic carbocycles. The van der Waals surface area contributed by atoms with Gasteiger partial charge in [0.05, 0.1) is 29.2 Å². The summed E-state index contributed by atoms with van der Waals surface area (Å²) in [7, 11) is 1.58. The number of fused-ring (bicyclic) bond motifs is 1. The summed E-state index contributed by atoms with van der Waals surface area (Å²) < 4.78 is 5.33. The summed E-state index contributed by atoms with van der Waals surface area (Å²) >= 11 is 14.2. The summed E-state index contributed by atoms with van der Waals surface area (Å²) in [5.41, 5.74) is 0.415. The minimum atomic E-state index is -0.903. The number of hydrogen-bond acceptors (Lipinski definition) is 6. The highest BCUT2D eigenvalue weighted by atomic mass is 35.5. The summed E-state index contributed by atoms with van der Waals surface area (Å²) in [5.74, 6) is 0.776. The van der Waals surface area contributed by atoms with Gasteiger partial charge in [0.1, 0.15) is 5.75 Å². The van der Waals surface area contributed by atoms with Crippen LogP contribution in [0.4, 0.5) is 0 Å². The first kappa shape index (κ1) is 27.0. The Balaban J connectivity index is 1.37. The van der Waals surface area contributed by atoms with Gasteiger partial charge in [-0.05, 0) is 81.2 Å². The van der Waals surface area contributed by atoms with Crippen LogP contribution in [0.1, 0.15) is 37.4 Å². The van der Waals surface area contributed by atoms with Gasteiger partial charge in [-0.1, -0.05) is 23.2 Å². The molecule has 36 heavy (non-hydrogen) atoms. The van der Waals surface area contributed by atoms with Crippen LogP contribution in [0.3, 0.4) is 0 Å². The average Bonchev–Trinajstić information content (AvgIpc) is 2.88. The van der Waals surface area contributed by atoms with Crippen LogP contribution in [0.25, 0.3) is 10.9 Å². The topological polar surface area (TPSA) is 82.9 Å². The number of carboxylic acids is 1. The number of likely N-dealkylation sites (tertiary alicyclic amines) is 1. The molecule has 0 saturated carbocycles. The molecular formula is C27H30Cl2N2O4S. The Morgan fingerprint density at radius 3 is 2.58 bits per heavy atom. The van der Waals surface area contributed by atoms with E-state index in [2.05, 4.69) is 9.88 Å². The second-order valence-corrected chi connectivity index (χ2v) is 11.2. The molecule has 1 aliphatic heterocycles. The Morgan fingerprint density at radius 1 is 1.19 bits per heavy atom. The van der Waals surface area contributed by atoms with Gasteiger partial charge in [-0.15, -0.1) is 11.8 Å². The number of carboxylic acid groups (broad SMARTS) is 1. The number of aromatic nitrogens is 1. The molecule has 1 atom stereocenters. The molecule has 2 aromatic carbocycles. The number of methoxy groups -OCH3 is 1. The van der Waals surface area contributed by atoms with Crippen molar-refractivity contribution in [2.75, 3.05) is 32.5 Å². The normalized spacial score (nSPS) is 16.7. The zero-order valence-electron chi connectivity index (χ0n) is 20.1. The van der Waals surface area contributed by atoms with Crippen molar-refractivity contribution in [1.29, 1.82) is 0 Å². The van der Waals surface area contributed by atoms with Gasteiger partial charge in [-0.2, -0.15) is 0 Å². The molecular weight excluding hydrogens is 519 g/mol. The predicted octanol–water partition coefficient (Wildman–Crippen LogP) is 6.32. The molecule has 9 heteroatoms. The predicted molar refractivity (Wildman–Crippen MR) is 145 cm³/mol.